The maximum Gasteiger partial charge on any atom is 0.325 e. The quantitative estimate of drug-likeness (QED) is 0.671. The van der Waals surface area contributed by atoms with Crippen molar-refractivity contribution in [1.29, 1.82) is 0 Å². The van der Waals surface area contributed by atoms with Gasteiger partial charge in [0.1, 0.15) is 0 Å². The number of β-amino-alcohol motifs (C(OH)–C–C–N with tert-alkyl or cyclic N) is 1. The number of urea groups is 1. The molecular formula is C15H20N4O3. The number of aromatic nitrogens is 1. The highest BCUT2D eigenvalue weighted by Gasteiger charge is 2.56. The zero-order chi connectivity index (χ0) is 15.6. The molecule has 3 heterocycles. The van der Waals surface area contributed by atoms with E-state index in [9.17, 15) is 9.59 Å². The molecule has 0 spiro atoms. The molecule has 1 atom stereocenters. The van der Waals surface area contributed by atoms with Crippen LogP contribution in [-0.4, -0.2) is 53.2 Å². The van der Waals surface area contributed by atoms with E-state index in [4.69, 9.17) is 5.11 Å². The Morgan fingerprint density at radius 2 is 2.14 bits per heavy atom. The highest BCUT2D eigenvalue weighted by Crippen LogP contribution is 2.40. The first-order valence-electron chi connectivity index (χ1n) is 7.56. The lowest BCUT2D eigenvalue weighted by Gasteiger charge is -2.37. The van der Waals surface area contributed by atoms with Crippen LogP contribution in [0.3, 0.4) is 0 Å². The van der Waals surface area contributed by atoms with Crippen molar-refractivity contribution in [3.05, 3.63) is 30.1 Å². The van der Waals surface area contributed by atoms with Crippen LogP contribution >= 0.6 is 0 Å². The molecule has 2 saturated heterocycles. The van der Waals surface area contributed by atoms with Crippen LogP contribution in [0.5, 0.6) is 0 Å². The van der Waals surface area contributed by atoms with Crippen LogP contribution < -0.4 is 10.6 Å². The molecule has 3 amide bonds. The molecule has 2 aliphatic rings. The first-order chi connectivity index (χ1) is 10.7. The molecule has 22 heavy (non-hydrogen) atoms. The molecule has 0 saturated carbocycles. The van der Waals surface area contributed by atoms with Crippen LogP contribution in [0, 0.1) is 5.92 Å². The molecule has 3 rings (SSSR count). The number of nitrogens with zero attached hydrogens (tertiary/aromatic N) is 2. The summed E-state index contributed by atoms with van der Waals surface area (Å²) in [5.41, 5.74) is -0.358. The summed E-state index contributed by atoms with van der Waals surface area (Å²) in [6.45, 7) is 1.40. The van der Waals surface area contributed by atoms with E-state index in [2.05, 4.69) is 15.6 Å². The third-order valence-electron chi connectivity index (χ3n) is 4.52. The van der Waals surface area contributed by atoms with Gasteiger partial charge in [-0.3, -0.25) is 14.7 Å². The first kappa shape index (κ1) is 14.9. The van der Waals surface area contributed by atoms with E-state index in [1.807, 2.05) is 6.07 Å². The SMILES string of the molecule is O=C1N[C@](c2cccnc2)(C2CCNCC2)C(=O)N1CCO. The Kier molecular flexibility index (Phi) is 4.08. The molecule has 1 aromatic rings. The van der Waals surface area contributed by atoms with Gasteiger partial charge in [-0.1, -0.05) is 6.07 Å². The first-order valence-corrected chi connectivity index (χ1v) is 7.56. The summed E-state index contributed by atoms with van der Waals surface area (Å²) in [6.07, 6.45) is 4.89. The normalized spacial score (nSPS) is 26.3. The summed E-state index contributed by atoms with van der Waals surface area (Å²) >= 11 is 0. The minimum Gasteiger partial charge on any atom is -0.395 e. The summed E-state index contributed by atoms with van der Waals surface area (Å²) in [5, 5.41) is 15.3. The lowest BCUT2D eigenvalue weighted by atomic mass is 9.74. The number of carbonyl (C=O) groups is 2. The van der Waals surface area contributed by atoms with Crippen LogP contribution in [0.2, 0.25) is 0 Å². The van der Waals surface area contributed by atoms with E-state index < -0.39 is 11.6 Å². The topological polar surface area (TPSA) is 94.6 Å². The number of aliphatic hydroxyl groups excluding tert-OH is 1. The largest absolute Gasteiger partial charge is 0.395 e. The van der Waals surface area contributed by atoms with Gasteiger partial charge in [0.2, 0.25) is 0 Å². The maximum atomic E-state index is 13.0. The average Bonchev–Trinajstić information content (AvgIpc) is 2.82. The van der Waals surface area contributed by atoms with Crippen molar-refractivity contribution < 1.29 is 14.7 Å². The van der Waals surface area contributed by atoms with Crippen LogP contribution in [-0.2, 0) is 10.3 Å². The molecule has 1 aromatic heterocycles. The van der Waals surface area contributed by atoms with E-state index in [1.165, 1.54) is 0 Å². The molecule has 0 aliphatic carbocycles. The maximum absolute atomic E-state index is 13.0. The lowest BCUT2D eigenvalue weighted by molar-refractivity contribution is -0.134. The predicted molar refractivity (Wildman–Crippen MR) is 78.8 cm³/mol. The van der Waals surface area contributed by atoms with E-state index in [-0.39, 0.29) is 25.0 Å². The van der Waals surface area contributed by atoms with E-state index in [0.29, 0.717) is 5.56 Å². The van der Waals surface area contributed by atoms with Gasteiger partial charge in [0.05, 0.1) is 13.2 Å². The van der Waals surface area contributed by atoms with E-state index in [0.717, 1.165) is 30.8 Å². The molecule has 2 fully saturated rings. The van der Waals surface area contributed by atoms with Crippen LogP contribution in [0.4, 0.5) is 4.79 Å². The van der Waals surface area contributed by atoms with Gasteiger partial charge < -0.3 is 15.7 Å². The Bertz CT molecular complexity index is 559. The molecule has 0 radical (unpaired) electrons. The van der Waals surface area contributed by atoms with Gasteiger partial charge in [-0.05, 0) is 37.9 Å². The summed E-state index contributed by atoms with van der Waals surface area (Å²) in [4.78, 5) is 30.5. The molecule has 7 nitrogen and oxygen atoms in total. The van der Waals surface area contributed by atoms with Crippen LogP contribution in [0.25, 0.3) is 0 Å². The Labute approximate surface area is 128 Å². The molecule has 2 aliphatic heterocycles. The van der Waals surface area contributed by atoms with E-state index >= 15 is 0 Å². The molecule has 118 valence electrons. The van der Waals surface area contributed by atoms with Crippen molar-refractivity contribution in [2.75, 3.05) is 26.2 Å². The summed E-state index contributed by atoms with van der Waals surface area (Å²) in [5.74, 6) is -0.274. The summed E-state index contributed by atoms with van der Waals surface area (Å²) < 4.78 is 0. The number of pyridine rings is 1. The van der Waals surface area contributed by atoms with Crippen molar-refractivity contribution in [1.82, 2.24) is 20.5 Å². The summed E-state index contributed by atoms with van der Waals surface area (Å²) in [7, 11) is 0. The highest BCUT2D eigenvalue weighted by atomic mass is 16.3. The van der Waals surface area contributed by atoms with Gasteiger partial charge in [-0.25, -0.2) is 4.79 Å². The number of aliphatic hydroxyl groups is 1. The third-order valence-corrected chi connectivity index (χ3v) is 4.52. The van der Waals surface area contributed by atoms with E-state index in [1.54, 1.807) is 18.5 Å². The van der Waals surface area contributed by atoms with Gasteiger partial charge in [-0.15, -0.1) is 0 Å². The van der Waals surface area contributed by atoms with Crippen LogP contribution in [0.15, 0.2) is 24.5 Å². The number of rotatable bonds is 4. The second kappa shape index (κ2) is 6.02. The number of imide groups is 1. The average molecular weight is 304 g/mol. The third kappa shape index (κ3) is 2.26. The number of piperidine rings is 1. The predicted octanol–water partition coefficient (Wildman–Crippen LogP) is -0.179. The Morgan fingerprint density at radius 1 is 1.36 bits per heavy atom. The fourth-order valence-electron chi connectivity index (χ4n) is 3.46. The zero-order valence-corrected chi connectivity index (χ0v) is 12.3. The standard InChI is InChI=1S/C15H20N4O3/c20-9-8-19-13(21)15(18-14(19)22,11-3-6-16-7-4-11)12-2-1-5-17-10-12/h1-2,5,10-11,16,20H,3-4,6-9H2,(H,18,22)/t15-/m0/s1. The molecule has 0 bridgehead atoms. The monoisotopic (exact) mass is 304 g/mol. The van der Waals surface area contributed by atoms with Crippen molar-refractivity contribution in [2.24, 2.45) is 5.92 Å². The minimum absolute atomic E-state index is 0.0116. The van der Waals surface area contributed by atoms with Crippen LogP contribution in [0.1, 0.15) is 18.4 Å². The highest BCUT2D eigenvalue weighted by molar-refractivity contribution is 6.07. The van der Waals surface area contributed by atoms with Gasteiger partial charge in [0, 0.05) is 18.0 Å². The molecule has 7 heteroatoms. The molecule has 0 aromatic carbocycles. The summed E-state index contributed by atoms with van der Waals surface area (Å²) in [6, 6.07) is 3.16. The smallest absolute Gasteiger partial charge is 0.325 e. The number of hydrogen-bond donors (Lipinski definition) is 3. The van der Waals surface area contributed by atoms with Gasteiger partial charge in [0.25, 0.3) is 5.91 Å². The van der Waals surface area contributed by atoms with Crippen molar-refractivity contribution in [3.63, 3.8) is 0 Å². The van der Waals surface area contributed by atoms with Gasteiger partial charge in [0.15, 0.2) is 5.54 Å². The zero-order valence-electron chi connectivity index (χ0n) is 12.3. The lowest BCUT2D eigenvalue weighted by Crippen LogP contribution is -2.53. The van der Waals surface area contributed by atoms with Crippen molar-refractivity contribution in [2.45, 2.75) is 18.4 Å². The Hall–Kier alpha value is -1.99. The number of hydrogen-bond acceptors (Lipinski definition) is 5. The molecular weight excluding hydrogens is 284 g/mol. The van der Waals surface area contributed by atoms with Gasteiger partial charge in [-0.2, -0.15) is 0 Å². The van der Waals surface area contributed by atoms with Gasteiger partial charge >= 0.3 is 6.03 Å². The molecule has 3 N–H and O–H groups in total. The Balaban J connectivity index is 2.04. The number of nitrogens with one attached hydrogen (secondary N) is 2. The minimum atomic E-state index is -1.07. The Morgan fingerprint density at radius 3 is 2.77 bits per heavy atom. The fourth-order valence-corrected chi connectivity index (χ4v) is 3.46. The second-order valence-electron chi connectivity index (χ2n) is 5.68. The number of amides is 3. The fraction of sp³-hybridized carbons (Fsp3) is 0.533. The van der Waals surface area contributed by atoms with Crippen molar-refractivity contribution in [3.8, 4) is 0 Å². The van der Waals surface area contributed by atoms with Crippen molar-refractivity contribution >= 4 is 11.9 Å². The molecule has 0 unspecified atom stereocenters. The number of carbonyl (C=O) groups excluding carboxylic acids is 2. The second-order valence-corrected chi connectivity index (χ2v) is 5.68.